The number of hydrogen-bond donors (Lipinski definition) is 1. The first-order valence-corrected chi connectivity index (χ1v) is 7.13. The van der Waals surface area contributed by atoms with E-state index in [0.29, 0.717) is 24.2 Å². The van der Waals surface area contributed by atoms with Gasteiger partial charge in [-0.2, -0.15) is 0 Å². The number of imidazole rings is 1. The fourth-order valence-corrected chi connectivity index (χ4v) is 3.53. The van der Waals surface area contributed by atoms with Crippen LogP contribution in [-0.2, 0) is 18.2 Å². The Balaban J connectivity index is 1.70. The SMILES string of the molecule is CCNC(Cc1nccn1C)C1CC2CCC1O2. The number of hydrogen-bond acceptors (Lipinski definition) is 3. The molecule has 0 saturated carbocycles. The Morgan fingerprint density at radius 2 is 2.44 bits per heavy atom. The molecular weight excluding hydrogens is 226 g/mol. The highest BCUT2D eigenvalue weighted by molar-refractivity contribution is 5.01. The largest absolute Gasteiger partial charge is 0.375 e. The molecule has 2 aliphatic rings. The van der Waals surface area contributed by atoms with Crippen molar-refractivity contribution in [2.24, 2.45) is 13.0 Å². The van der Waals surface area contributed by atoms with E-state index >= 15 is 0 Å². The number of rotatable bonds is 5. The summed E-state index contributed by atoms with van der Waals surface area (Å²) in [5.74, 6) is 1.84. The number of ether oxygens (including phenoxy) is 1. The van der Waals surface area contributed by atoms with Crippen molar-refractivity contribution in [2.45, 2.75) is 50.9 Å². The first-order valence-electron chi connectivity index (χ1n) is 7.13. The van der Waals surface area contributed by atoms with Gasteiger partial charge in [0.2, 0.25) is 0 Å². The molecule has 2 fully saturated rings. The minimum Gasteiger partial charge on any atom is -0.375 e. The van der Waals surface area contributed by atoms with Gasteiger partial charge in [-0.05, 0) is 25.8 Å². The van der Waals surface area contributed by atoms with Gasteiger partial charge in [-0.15, -0.1) is 0 Å². The molecule has 2 aliphatic heterocycles. The van der Waals surface area contributed by atoms with Crippen LogP contribution in [0.5, 0.6) is 0 Å². The molecule has 3 rings (SSSR count). The van der Waals surface area contributed by atoms with Crippen molar-refractivity contribution < 1.29 is 4.74 Å². The number of fused-ring (bicyclic) bond motifs is 2. The van der Waals surface area contributed by atoms with Crippen molar-refractivity contribution in [1.82, 2.24) is 14.9 Å². The summed E-state index contributed by atoms with van der Waals surface area (Å²) < 4.78 is 8.12. The lowest BCUT2D eigenvalue weighted by Gasteiger charge is -2.29. The summed E-state index contributed by atoms with van der Waals surface area (Å²) >= 11 is 0. The van der Waals surface area contributed by atoms with Crippen molar-refractivity contribution in [3.05, 3.63) is 18.2 Å². The van der Waals surface area contributed by atoms with Gasteiger partial charge in [-0.25, -0.2) is 4.98 Å². The zero-order valence-corrected chi connectivity index (χ0v) is 11.3. The minimum atomic E-state index is 0.485. The number of likely N-dealkylation sites (N-methyl/N-ethyl adjacent to an activating group) is 1. The summed E-state index contributed by atoms with van der Waals surface area (Å²) in [4.78, 5) is 4.45. The van der Waals surface area contributed by atoms with E-state index in [-0.39, 0.29) is 0 Å². The van der Waals surface area contributed by atoms with Crippen molar-refractivity contribution >= 4 is 0 Å². The molecule has 4 heteroatoms. The molecule has 0 spiro atoms. The maximum absolute atomic E-state index is 5.99. The van der Waals surface area contributed by atoms with Gasteiger partial charge < -0.3 is 14.6 Å². The van der Waals surface area contributed by atoms with Crippen LogP contribution in [-0.4, -0.2) is 34.3 Å². The van der Waals surface area contributed by atoms with Crippen LogP contribution in [0.3, 0.4) is 0 Å². The molecule has 2 bridgehead atoms. The number of aromatic nitrogens is 2. The molecule has 4 atom stereocenters. The highest BCUT2D eigenvalue weighted by Crippen LogP contribution is 2.40. The molecular formula is C14H23N3O. The Morgan fingerprint density at radius 3 is 3.00 bits per heavy atom. The third kappa shape index (κ3) is 2.19. The molecule has 4 unspecified atom stereocenters. The van der Waals surface area contributed by atoms with Crippen LogP contribution in [0, 0.1) is 5.92 Å². The Hall–Kier alpha value is -0.870. The molecule has 2 saturated heterocycles. The third-order valence-electron chi connectivity index (χ3n) is 4.46. The fraction of sp³-hybridized carbons (Fsp3) is 0.786. The van der Waals surface area contributed by atoms with E-state index in [1.54, 1.807) is 0 Å². The van der Waals surface area contributed by atoms with Crippen molar-refractivity contribution in [1.29, 1.82) is 0 Å². The molecule has 4 nitrogen and oxygen atoms in total. The van der Waals surface area contributed by atoms with Crippen molar-refractivity contribution in [3.63, 3.8) is 0 Å². The predicted molar refractivity (Wildman–Crippen MR) is 70.4 cm³/mol. The van der Waals surface area contributed by atoms with Gasteiger partial charge in [0.1, 0.15) is 5.82 Å². The zero-order chi connectivity index (χ0) is 12.5. The predicted octanol–water partition coefficient (Wildman–Crippen LogP) is 1.51. The Kier molecular flexibility index (Phi) is 3.39. The van der Waals surface area contributed by atoms with Gasteiger partial charge in [0.05, 0.1) is 12.2 Å². The summed E-state index contributed by atoms with van der Waals surface area (Å²) in [6.45, 7) is 3.20. The van der Waals surface area contributed by atoms with E-state index in [1.807, 2.05) is 12.4 Å². The van der Waals surface area contributed by atoms with Crippen LogP contribution >= 0.6 is 0 Å². The molecule has 18 heavy (non-hydrogen) atoms. The molecule has 0 amide bonds. The first-order chi connectivity index (χ1) is 8.78. The average Bonchev–Trinajstić information content (AvgIpc) is 3.06. The highest BCUT2D eigenvalue weighted by Gasteiger charge is 2.44. The van der Waals surface area contributed by atoms with Gasteiger partial charge in [0.15, 0.2) is 0 Å². The van der Waals surface area contributed by atoms with Gasteiger partial charge in [0.25, 0.3) is 0 Å². The van der Waals surface area contributed by atoms with E-state index in [2.05, 4.69) is 28.8 Å². The molecule has 100 valence electrons. The topological polar surface area (TPSA) is 39.1 Å². The lowest BCUT2D eigenvalue weighted by Crippen LogP contribution is -2.42. The van der Waals surface area contributed by atoms with Crippen LogP contribution < -0.4 is 5.32 Å². The monoisotopic (exact) mass is 249 g/mol. The first kappa shape index (κ1) is 12.2. The summed E-state index contributed by atoms with van der Waals surface area (Å²) in [6.07, 6.45) is 9.68. The van der Waals surface area contributed by atoms with Crippen LogP contribution in [0.2, 0.25) is 0 Å². The lowest BCUT2D eigenvalue weighted by molar-refractivity contribution is 0.0856. The molecule has 0 radical (unpaired) electrons. The highest BCUT2D eigenvalue weighted by atomic mass is 16.5. The Morgan fingerprint density at radius 1 is 1.56 bits per heavy atom. The summed E-state index contributed by atoms with van der Waals surface area (Å²) in [5.41, 5.74) is 0. The Bertz CT molecular complexity index is 403. The Labute approximate surface area is 109 Å². The quantitative estimate of drug-likeness (QED) is 0.859. The van der Waals surface area contributed by atoms with E-state index < -0.39 is 0 Å². The van der Waals surface area contributed by atoms with Crippen LogP contribution in [0.15, 0.2) is 12.4 Å². The summed E-state index contributed by atoms with van der Waals surface area (Å²) in [5, 5.41) is 3.64. The van der Waals surface area contributed by atoms with E-state index in [0.717, 1.165) is 13.0 Å². The van der Waals surface area contributed by atoms with Gasteiger partial charge in [0, 0.05) is 37.8 Å². The minimum absolute atomic E-state index is 0.485. The van der Waals surface area contributed by atoms with E-state index in [9.17, 15) is 0 Å². The number of nitrogens with zero attached hydrogens (tertiary/aromatic N) is 2. The molecule has 0 aliphatic carbocycles. The summed E-state index contributed by atoms with van der Waals surface area (Å²) in [6, 6.07) is 0.506. The van der Waals surface area contributed by atoms with Crippen molar-refractivity contribution in [2.75, 3.05) is 6.54 Å². The fourth-order valence-electron chi connectivity index (χ4n) is 3.53. The van der Waals surface area contributed by atoms with Gasteiger partial charge in [-0.1, -0.05) is 6.92 Å². The van der Waals surface area contributed by atoms with Gasteiger partial charge >= 0.3 is 0 Å². The zero-order valence-electron chi connectivity index (χ0n) is 11.3. The third-order valence-corrected chi connectivity index (χ3v) is 4.46. The standard InChI is InChI=1S/C14H23N3O/c1-3-15-12(9-14-16-6-7-17(14)2)11-8-10-4-5-13(11)18-10/h6-7,10-13,15H,3-5,8-9H2,1-2H3. The second-order valence-electron chi connectivity index (χ2n) is 5.60. The molecule has 1 N–H and O–H groups in total. The summed E-state index contributed by atoms with van der Waals surface area (Å²) in [7, 11) is 2.07. The maximum atomic E-state index is 5.99. The van der Waals surface area contributed by atoms with E-state index in [1.165, 1.54) is 25.1 Å². The molecule has 3 heterocycles. The van der Waals surface area contributed by atoms with Gasteiger partial charge in [-0.3, -0.25) is 0 Å². The molecule has 0 aromatic carbocycles. The maximum Gasteiger partial charge on any atom is 0.109 e. The van der Waals surface area contributed by atoms with Crippen LogP contribution in [0.1, 0.15) is 32.0 Å². The van der Waals surface area contributed by atoms with Crippen LogP contribution in [0.25, 0.3) is 0 Å². The van der Waals surface area contributed by atoms with E-state index in [4.69, 9.17) is 4.74 Å². The average molecular weight is 249 g/mol. The number of aryl methyl sites for hydroxylation is 1. The second-order valence-corrected chi connectivity index (χ2v) is 5.60. The lowest BCUT2D eigenvalue weighted by atomic mass is 9.82. The second kappa shape index (κ2) is 5.02. The number of nitrogens with one attached hydrogen (secondary N) is 1. The molecule has 1 aromatic rings. The molecule has 1 aromatic heterocycles. The normalized spacial score (nSPS) is 32.0. The van der Waals surface area contributed by atoms with Crippen molar-refractivity contribution in [3.8, 4) is 0 Å². The smallest absolute Gasteiger partial charge is 0.109 e. The van der Waals surface area contributed by atoms with Crippen LogP contribution in [0.4, 0.5) is 0 Å².